The maximum absolute atomic E-state index is 3.81. The van der Waals surface area contributed by atoms with E-state index in [4.69, 9.17) is 0 Å². The van der Waals surface area contributed by atoms with Crippen molar-refractivity contribution < 1.29 is 0 Å². The Hall–Kier alpha value is -0.303. The molecular formula is C6H12Si. The molecule has 0 aliphatic heterocycles. The second-order valence-corrected chi connectivity index (χ2v) is 4.07. The fourth-order valence-corrected chi connectivity index (χ4v) is 1.05. The lowest BCUT2D eigenvalue weighted by atomic mass is 10.7. The van der Waals surface area contributed by atoms with Gasteiger partial charge in [0.25, 0.3) is 0 Å². The smallest absolute Gasteiger partial charge is 0.0521 e. The monoisotopic (exact) mass is 112 g/mol. The van der Waals surface area contributed by atoms with Gasteiger partial charge in [-0.25, -0.2) is 0 Å². The minimum absolute atomic E-state index is 0.0336. The summed E-state index contributed by atoms with van der Waals surface area (Å²) in [6.07, 6.45) is 1.97. The van der Waals surface area contributed by atoms with Crippen LogP contribution in [0.15, 0.2) is 24.4 Å². The van der Waals surface area contributed by atoms with Crippen LogP contribution in [0.3, 0.4) is 0 Å². The van der Waals surface area contributed by atoms with Crippen molar-refractivity contribution in [1.82, 2.24) is 0 Å². The predicted molar refractivity (Wildman–Crippen MR) is 38.4 cm³/mol. The molecule has 0 rings (SSSR count). The lowest BCUT2D eigenvalue weighted by molar-refractivity contribution is 1.62. The second-order valence-electron chi connectivity index (χ2n) is 1.78. The molecule has 0 bridgehead atoms. The maximum Gasteiger partial charge on any atom is 0.0521 e. The predicted octanol–water partition coefficient (Wildman–Crippen LogP) is 1.29. The van der Waals surface area contributed by atoms with E-state index < -0.39 is 0 Å². The van der Waals surface area contributed by atoms with Gasteiger partial charge in [-0.1, -0.05) is 11.3 Å². The third-order valence-electron chi connectivity index (χ3n) is 0.775. The Kier molecular flexibility index (Phi) is 3.70. The van der Waals surface area contributed by atoms with Crippen LogP contribution < -0.4 is 0 Å². The van der Waals surface area contributed by atoms with Crippen LogP contribution in [-0.4, -0.2) is 9.52 Å². The quantitative estimate of drug-likeness (QED) is 0.381. The highest BCUT2D eigenvalue weighted by molar-refractivity contribution is 6.45. The lowest BCUT2D eigenvalue weighted by Gasteiger charge is -1.87. The molecular weight excluding hydrogens is 100 g/mol. The van der Waals surface area contributed by atoms with Crippen molar-refractivity contribution in [3.8, 4) is 0 Å². The number of hydrogen-bond donors (Lipinski definition) is 0. The molecule has 0 saturated heterocycles. The van der Waals surface area contributed by atoms with Crippen LogP contribution in [0.1, 0.15) is 6.92 Å². The van der Waals surface area contributed by atoms with E-state index in [9.17, 15) is 0 Å². The fraction of sp³-hybridized carbons (Fsp3) is 0.333. The summed E-state index contributed by atoms with van der Waals surface area (Å²) in [6.45, 7) is 9.53. The molecule has 0 aliphatic rings. The molecule has 0 unspecified atom stereocenters. The third kappa shape index (κ3) is 5.70. The van der Waals surface area contributed by atoms with Gasteiger partial charge in [0.15, 0.2) is 0 Å². The van der Waals surface area contributed by atoms with E-state index in [1.807, 2.05) is 6.08 Å². The molecule has 7 heavy (non-hydrogen) atoms. The van der Waals surface area contributed by atoms with Crippen LogP contribution in [-0.2, 0) is 0 Å². The average Bonchev–Trinajstić information content (AvgIpc) is 1.61. The zero-order valence-corrected chi connectivity index (χ0v) is 6.32. The first kappa shape index (κ1) is 6.70. The Morgan fingerprint density at radius 2 is 2.43 bits per heavy atom. The van der Waals surface area contributed by atoms with E-state index in [0.717, 1.165) is 0 Å². The van der Waals surface area contributed by atoms with Gasteiger partial charge in [-0.15, -0.1) is 13.2 Å². The summed E-state index contributed by atoms with van der Waals surface area (Å²) in [6, 6.07) is 1.20. The second kappa shape index (κ2) is 3.87. The molecule has 0 amide bonds. The van der Waals surface area contributed by atoms with Gasteiger partial charge in [0.2, 0.25) is 0 Å². The fourth-order valence-electron chi connectivity index (χ4n) is 0.348. The average molecular weight is 112 g/mol. The normalized spacial score (nSPS) is 9.86. The van der Waals surface area contributed by atoms with E-state index in [-0.39, 0.29) is 9.52 Å². The highest BCUT2D eigenvalue weighted by Crippen LogP contribution is 1.87. The zero-order chi connectivity index (χ0) is 5.70. The van der Waals surface area contributed by atoms with Gasteiger partial charge in [-0.2, -0.15) is 0 Å². The van der Waals surface area contributed by atoms with E-state index >= 15 is 0 Å². The maximum atomic E-state index is 3.81. The van der Waals surface area contributed by atoms with Crippen LogP contribution in [0.2, 0.25) is 6.04 Å². The lowest BCUT2D eigenvalue weighted by Crippen LogP contribution is -1.85. The summed E-state index contributed by atoms with van der Waals surface area (Å²) in [7, 11) is 0.0336. The van der Waals surface area contributed by atoms with Crippen LogP contribution in [0.5, 0.6) is 0 Å². The molecule has 0 aromatic carbocycles. The molecule has 0 aromatic rings. The van der Waals surface area contributed by atoms with Gasteiger partial charge in [-0.3, -0.25) is 0 Å². The van der Waals surface area contributed by atoms with Gasteiger partial charge in [0.1, 0.15) is 0 Å². The first-order valence-corrected chi connectivity index (χ1v) is 4.23. The van der Waals surface area contributed by atoms with E-state index in [0.29, 0.717) is 0 Å². The summed E-state index contributed by atoms with van der Waals surface area (Å²) >= 11 is 0. The van der Waals surface area contributed by atoms with Crippen molar-refractivity contribution in [3.63, 3.8) is 0 Å². The van der Waals surface area contributed by atoms with Gasteiger partial charge < -0.3 is 0 Å². The molecule has 0 saturated carbocycles. The minimum Gasteiger partial charge on any atom is -0.105 e. The van der Waals surface area contributed by atoms with Crippen molar-refractivity contribution in [1.29, 1.82) is 0 Å². The third-order valence-corrected chi connectivity index (χ3v) is 2.33. The summed E-state index contributed by atoms with van der Waals surface area (Å²) in [5, 5.41) is 1.37. The van der Waals surface area contributed by atoms with Crippen molar-refractivity contribution in [2.24, 2.45) is 0 Å². The Balaban J connectivity index is 2.97. The largest absolute Gasteiger partial charge is 0.105 e. The summed E-state index contributed by atoms with van der Waals surface area (Å²) in [5.74, 6) is 0. The Labute approximate surface area is 47.8 Å². The van der Waals surface area contributed by atoms with Crippen molar-refractivity contribution in [2.75, 3.05) is 0 Å². The molecule has 0 spiro atoms. The van der Waals surface area contributed by atoms with Crippen molar-refractivity contribution >= 4 is 9.52 Å². The molecule has 0 fully saturated rings. The Bertz CT molecular complexity index is 74.2. The molecule has 0 atom stereocenters. The van der Waals surface area contributed by atoms with Crippen LogP contribution in [0.25, 0.3) is 0 Å². The first-order valence-electron chi connectivity index (χ1n) is 2.52. The van der Waals surface area contributed by atoms with Crippen LogP contribution in [0.4, 0.5) is 0 Å². The molecule has 0 aliphatic carbocycles. The highest BCUT2D eigenvalue weighted by Gasteiger charge is 1.80. The molecule has 40 valence electrons. The Morgan fingerprint density at radius 3 is 2.57 bits per heavy atom. The summed E-state index contributed by atoms with van der Waals surface area (Å²) < 4.78 is 0. The number of allylic oxidation sites excluding steroid dienone is 2. The van der Waals surface area contributed by atoms with Gasteiger partial charge in [0.05, 0.1) is 9.52 Å². The van der Waals surface area contributed by atoms with Crippen LogP contribution >= 0.6 is 0 Å². The molecule has 0 N–H and O–H groups in total. The highest BCUT2D eigenvalue weighted by atomic mass is 28.2. The molecule has 0 heterocycles. The van der Waals surface area contributed by atoms with Gasteiger partial charge in [0, 0.05) is 0 Å². The van der Waals surface area contributed by atoms with E-state index in [1.165, 1.54) is 11.2 Å². The molecule has 0 radical (unpaired) electrons. The minimum atomic E-state index is 0.0336. The van der Waals surface area contributed by atoms with E-state index in [1.54, 1.807) is 0 Å². The van der Waals surface area contributed by atoms with Crippen molar-refractivity contribution in [3.05, 3.63) is 24.4 Å². The molecule has 1 heteroatoms. The van der Waals surface area contributed by atoms with E-state index in [2.05, 4.69) is 20.1 Å². The number of rotatable bonds is 3. The summed E-state index contributed by atoms with van der Waals surface area (Å²) in [4.78, 5) is 0. The van der Waals surface area contributed by atoms with Crippen LogP contribution in [0, 0.1) is 0 Å². The number of hydrogen-bond acceptors (Lipinski definition) is 0. The van der Waals surface area contributed by atoms with Crippen molar-refractivity contribution in [2.45, 2.75) is 13.0 Å². The standard InChI is InChI=1S/C6H12Si/c1-4-5-7-6(2)3/h4H,1-2,5,7H2,3H3. The molecule has 0 aromatic heterocycles. The van der Waals surface area contributed by atoms with Gasteiger partial charge >= 0.3 is 0 Å². The first-order chi connectivity index (χ1) is 3.27. The SMILES string of the molecule is C=CC[SiH2]C(=C)C. The molecule has 0 nitrogen and oxygen atoms in total. The topological polar surface area (TPSA) is 0 Å². The zero-order valence-electron chi connectivity index (χ0n) is 4.91. The summed E-state index contributed by atoms with van der Waals surface area (Å²) in [5.41, 5.74) is 0. The Morgan fingerprint density at radius 1 is 1.86 bits per heavy atom. The van der Waals surface area contributed by atoms with Gasteiger partial charge in [-0.05, 0) is 13.0 Å².